The Bertz CT molecular complexity index is 334. The maximum atomic E-state index is 10.0. The van der Waals surface area contributed by atoms with Gasteiger partial charge in [0.1, 0.15) is 11.7 Å². The van der Waals surface area contributed by atoms with Crippen molar-refractivity contribution in [2.45, 2.75) is 25.0 Å². The lowest BCUT2D eigenvalue weighted by atomic mass is 9.89. The minimum Gasteiger partial charge on any atom is -0.385 e. The Kier molecular flexibility index (Phi) is 3.91. The van der Waals surface area contributed by atoms with Crippen molar-refractivity contribution in [3.05, 3.63) is 47.5 Å². The lowest BCUT2D eigenvalue weighted by Crippen LogP contribution is -2.33. The molecule has 1 rings (SSSR count). The van der Waals surface area contributed by atoms with Gasteiger partial charge in [-0.05, 0) is 24.1 Å². The summed E-state index contributed by atoms with van der Waals surface area (Å²) in [4.78, 5) is 0. The quantitative estimate of drug-likeness (QED) is 0.775. The summed E-state index contributed by atoms with van der Waals surface area (Å²) in [5, 5.41) is 20.6. The molecule has 2 atom stereocenters. The predicted molar refractivity (Wildman–Crippen MR) is 61.8 cm³/mol. The van der Waals surface area contributed by atoms with Gasteiger partial charge in [0.25, 0.3) is 0 Å². The molecule has 0 aromatic heterocycles. The standard InChI is InChI=1S/C12H15ClO2/c1-3-12(15,4-2)11(14)9-5-7-10(13)8-6-9/h3,5-8,11,14-15H,1,4H2,2H3/t11-,12-/m1/s1. The lowest BCUT2D eigenvalue weighted by Gasteiger charge is -2.28. The van der Waals surface area contributed by atoms with Crippen LogP contribution in [0.25, 0.3) is 0 Å². The van der Waals surface area contributed by atoms with Crippen LogP contribution in [0.1, 0.15) is 25.0 Å². The first-order valence-corrected chi connectivity index (χ1v) is 5.21. The molecule has 3 heteroatoms. The van der Waals surface area contributed by atoms with E-state index < -0.39 is 11.7 Å². The normalized spacial score (nSPS) is 16.8. The summed E-state index contributed by atoms with van der Waals surface area (Å²) in [5.74, 6) is 0. The first kappa shape index (κ1) is 12.2. The maximum Gasteiger partial charge on any atom is 0.112 e. The van der Waals surface area contributed by atoms with E-state index in [0.29, 0.717) is 17.0 Å². The summed E-state index contributed by atoms with van der Waals surface area (Å²) in [6.45, 7) is 5.32. The molecule has 0 saturated heterocycles. The molecule has 2 N–H and O–H groups in total. The second kappa shape index (κ2) is 4.79. The Morgan fingerprint density at radius 1 is 1.47 bits per heavy atom. The number of aliphatic hydroxyl groups excluding tert-OH is 1. The number of aliphatic hydroxyl groups is 2. The third kappa shape index (κ3) is 2.59. The zero-order valence-electron chi connectivity index (χ0n) is 8.65. The molecule has 0 aliphatic rings. The van der Waals surface area contributed by atoms with Crippen LogP contribution in [0.4, 0.5) is 0 Å². The van der Waals surface area contributed by atoms with Crippen LogP contribution in [0.3, 0.4) is 0 Å². The third-order valence-electron chi connectivity index (χ3n) is 2.58. The van der Waals surface area contributed by atoms with Gasteiger partial charge in [-0.15, -0.1) is 6.58 Å². The van der Waals surface area contributed by atoms with Crippen molar-refractivity contribution in [2.75, 3.05) is 0 Å². The second-order valence-electron chi connectivity index (χ2n) is 3.50. The van der Waals surface area contributed by atoms with E-state index in [1.54, 1.807) is 31.2 Å². The van der Waals surface area contributed by atoms with Gasteiger partial charge in [0, 0.05) is 5.02 Å². The van der Waals surface area contributed by atoms with Gasteiger partial charge in [-0.1, -0.05) is 36.7 Å². The first-order chi connectivity index (χ1) is 7.03. The molecule has 0 fully saturated rings. The number of hydrogen-bond acceptors (Lipinski definition) is 2. The van der Waals surface area contributed by atoms with Gasteiger partial charge < -0.3 is 10.2 Å². The number of benzene rings is 1. The Labute approximate surface area is 94.8 Å². The minimum absolute atomic E-state index is 0.403. The second-order valence-corrected chi connectivity index (χ2v) is 3.94. The Balaban J connectivity index is 2.97. The van der Waals surface area contributed by atoms with E-state index in [1.165, 1.54) is 6.08 Å². The highest BCUT2D eigenvalue weighted by Gasteiger charge is 2.31. The fourth-order valence-corrected chi connectivity index (χ4v) is 1.51. The van der Waals surface area contributed by atoms with Crippen LogP contribution in [0, 0.1) is 0 Å². The van der Waals surface area contributed by atoms with Crippen molar-refractivity contribution in [2.24, 2.45) is 0 Å². The van der Waals surface area contributed by atoms with Crippen LogP contribution in [0.5, 0.6) is 0 Å². The number of halogens is 1. The Morgan fingerprint density at radius 2 is 2.00 bits per heavy atom. The first-order valence-electron chi connectivity index (χ1n) is 4.83. The van der Waals surface area contributed by atoms with Gasteiger partial charge in [-0.3, -0.25) is 0 Å². The highest BCUT2D eigenvalue weighted by atomic mass is 35.5. The van der Waals surface area contributed by atoms with Crippen LogP contribution in [-0.2, 0) is 0 Å². The van der Waals surface area contributed by atoms with Crippen LogP contribution in [-0.4, -0.2) is 15.8 Å². The van der Waals surface area contributed by atoms with E-state index in [4.69, 9.17) is 11.6 Å². The molecule has 15 heavy (non-hydrogen) atoms. The number of hydrogen-bond donors (Lipinski definition) is 2. The van der Waals surface area contributed by atoms with Crippen molar-refractivity contribution in [3.8, 4) is 0 Å². The van der Waals surface area contributed by atoms with Crippen LogP contribution < -0.4 is 0 Å². The van der Waals surface area contributed by atoms with Gasteiger partial charge >= 0.3 is 0 Å². The van der Waals surface area contributed by atoms with E-state index in [9.17, 15) is 10.2 Å². The van der Waals surface area contributed by atoms with Gasteiger partial charge in [0.15, 0.2) is 0 Å². The molecule has 82 valence electrons. The lowest BCUT2D eigenvalue weighted by molar-refractivity contribution is -0.0433. The summed E-state index contributed by atoms with van der Waals surface area (Å²) in [7, 11) is 0. The predicted octanol–water partition coefficient (Wildman–Crippen LogP) is 2.70. The van der Waals surface area contributed by atoms with E-state index in [-0.39, 0.29) is 0 Å². The number of rotatable bonds is 4. The molecule has 0 amide bonds. The van der Waals surface area contributed by atoms with Crippen LogP contribution in [0.2, 0.25) is 5.02 Å². The van der Waals surface area contributed by atoms with E-state index in [2.05, 4.69) is 6.58 Å². The fourth-order valence-electron chi connectivity index (χ4n) is 1.38. The third-order valence-corrected chi connectivity index (χ3v) is 2.83. The average Bonchev–Trinajstić information content (AvgIpc) is 2.28. The average molecular weight is 227 g/mol. The monoisotopic (exact) mass is 226 g/mol. The molecule has 0 aliphatic heterocycles. The molecule has 0 heterocycles. The smallest absolute Gasteiger partial charge is 0.112 e. The molecule has 0 radical (unpaired) electrons. The summed E-state index contributed by atoms with van der Waals surface area (Å²) in [6.07, 6.45) is 0.796. The summed E-state index contributed by atoms with van der Waals surface area (Å²) < 4.78 is 0. The molecule has 2 nitrogen and oxygen atoms in total. The topological polar surface area (TPSA) is 40.5 Å². The van der Waals surface area contributed by atoms with E-state index in [1.807, 2.05) is 0 Å². The molecule has 0 bridgehead atoms. The minimum atomic E-state index is -1.28. The van der Waals surface area contributed by atoms with E-state index >= 15 is 0 Å². The molecule has 0 saturated carbocycles. The maximum absolute atomic E-state index is 10.0. The summed E-state index contributed by atoms with van der Waals surface area (Å²) >= 11 is 5.73. The highest BCUT2D eigenvalue weighted by Crippen LogP contribution is 2.30. The van der Waals surface area contributed by atoms with Crippen LogP contribution >= 0.6 is 11.6 Å². The van der Waals surface area contributed by atoms with Crippen molar-refractivity contribution in [3.63, 3.8) is 0 Å². The molecular formula is C12H15ClO2. The summed E-state index contributed by atoms with van der Waals surface area (Å²) in [6, 6.07) is 6.74. The van der Waals surface area contributed by atoms with Crippen molar-refractivity contribution >= 4 is 11.6 Å². The van der Waals surface area contributed by atoms with Crippen LogP contribution in [0.15, 0.2) is 36.9 Å². The SMILES string of the molecule is C=C[C@@](O)(CC)[C@H](O)c1ccc(Cl)cc1. The highest BCUT2D eigenvalue weighted by molar-refractivity contribution is 6.30. The van der Waals surface area contributed by atoms with Gasteiger partial charge in [-0.2, -0.15) is 0 Å². The Morgan fingerprint density at radius 3 is 2.40 bits per heavy atom. The molecule has 0 spiro atoms. The Hall–Kier alpha value is -0.830. The summed E-state index contributed by atoms with van der Waals surface area (Å²) in [5.41, 5.74) is -0.656. The zero-order chi connectivity index (χ0) is 11.5. The fraction of sp³-hybridized carbons (Fsp3) is 0.333. The van der Waals surface area contributed by atoms with Crippen molar-refractivity contribution in [1.82, 2.24) is 0 Å². The van der Waals surface area contributed by atoms with Gasteiger partial charge in [0.05, 0.1) is 0 Å². The van der Waals surface area contributed by atoms with Gasteiger partial charge in [-0.25, -0.2) is 0 Å². The molecular weight excluding hydrogens is 212 g/mol. The molecule has 1 aromatic carbocycles. The van der Waals surface area contributed by atoms with Gasteiger partial charge in [0.2, 0.25) is 0 Å². The molecule has 0 unspecified atom stereocenters. The van der Waals surface area contributed by atoms with E-state index in [0.717, 1.165) is 0 Å². The largest absolute Gasteiger partial charge is 0.385 e. The molecule has 0 aliphatic carbocycles. The van der Waals surface area contributed by atoms with Crippen molar-refractivity contribution < 1.29 is 10.2 Å². The van der Waals surface area contributed by atoms with Crippen molar-refractivity contribution in [1.29, 1.82) is 0 Å². The zero-order valence-corrected chi connectivity index (χ0v) is 9.41. The molecule has 1 aromatic rings.